The van der Waals surface area contributed by atoms with Crippen LogP contribution in [0.4, 0.5) is 5.69 Å². The van der Waals surface area contributed by atoms with E-state index in [2.05, 4.69) is 78.4 Å². The number of rotatable bonds is 2. The number of piperazine rings is 1. The Morgan fingerprint density at radius 1 is 0.900 bits per heavy atom. The Morgan fingerprint density at radius 3 is 2.35 bits per heavy atom. The van der Waals surface area contributed by atoms with Crippen LogP contribution in [0.5, 0.6) is 0 Å². The molecule has 1 aliphatic rings. The van der Waals surface area contributed by atoms with Gasteiger partial charge in [-0.2, -0.15) is 0 Å². The molecular formula is C18H22N2. The van der Waals surface area contributed by atoms with E-state index in [-0.39, 0.29) is 0 Å². The number of nitrogens with zero attached hydrogens (tertiary/aromatic N) is 2. The van der Waals surface area contributed by atoms with Crippen LogP contribution >= 0.6 is 0 Å². The van der Waals surface area contributed by atoms with E-state index < -0.39 is 0 Å². The molecule has 0 N–H and O–H groups in total. The summed E-state index contributed by atoms with van der Waals surface area (Å²) in [5, 5.41) is 0. The minimum absolute atomic E-state index is 0.441. The molecule has 2 aromatic carbocycles. The maximum atomic E-state index is 2.56. The lowest BCUT2D eigenvalue weighted by molar-refractivity contribution is 0.269. The molecule has 104 valence electrons. The molecule has 0 aromatic heterocycles. The van der Waals surface area contributed by atoms with Crippen molar-refractivity contribution in [2.24, 2.45) is 0 Å². The van der Waals surface area contributed by atoms with Gasteiger partial charge in [-0.05, 0) is 31.2 Å². The fourth-order valence-corrected chi connectivity index (χ4v) is 3.05. The summed E-state index contributed by atoms with van der Waals surface area (Å²) in [7, 11) is 2.21. The summed E-state index contributed by atoms with van der Waals surface area (Å²) in [6.07, 6.45) is 0. The van der Waals surface area contributed by atoms with Crippen LogP contribution in [-0.4, -0.2) is 31.6 Å². The van der Waals surface area contributed by atoms with Crippen LogP contribution in [0.25, 0.3) is 0 Å². The molecule has 0 aliphatic carbocycles. The molecule has 0 radical (unpaired) electrons. The van der Waals surface area contributed by atoms with Gasteiger partial charge in [0.25, 0.3) is 0 Å². The van der Waals surface area contributed by atoms with Gasteiger partial charge in [-0.25, -0.2) is 0 Å². The van der Waals surface area contributed by atoms with E-state index in [1.165, 1.54) is 16.8 Å². The monoisotopic (exact) mass is 266 g/mol. The van der Waals surface area contributed by atoms with Gasteiger partial charge in [-0.3, -0.25) is 0 Å². The van der Waals surface area contributed by atoms with Crippen LogP contribution in [0.3, 0.4) is 0 Å². The highest BCUT2D eigenvalue weighted by Crippen LogP contribution is 2.32. The van der Waals surface area contributed by atoms with E-state index in [0.717, 1.165) is 19.6 Å². The van der Waals surface area contributed by atoms with E-state index in [0.29, 0.717) is 6.04 Å². The maximum absolute atomic E-state index is 2.56. The third kappa shape index (κ3) is 2.56. The predicted molar refractivity (Wildman–Crippen MR) is 85.2 cm³/mol. The number of aryl methyl sites for hydroxylation is 1. The molecule has 0 spiro atoms. The molecular weight excluding hydrogens is 244 g/mol. The molecule has 2 nitrogen and oxygen atoms in total. The lowest BCUT2D eigenvalue weighted by Crippen LogP contribution is -2.47. The number of benzene rings is 2. The summed E-state index contributed by atoms with van der Waals surface area (Å²) in [6.45, 7) is 5.49. The van der Waals surface area contributed by atoms with Gasteiger partial charge in [0.05, 0.1) is 6.04 Å². The number of anilines is 1. The lowest BCUT2D eigenvalue weighted by Gasteiger charge is -2.42. The zero-order valence-electron chi connectivity index (χ0n) is 12.3. The second-order valence-electron chi connectivity index (χ2n) is 5.67. The van der Waals surface area contributed by atoms with Gasteiger partial charge in [-0.15, -0.1) is 0 Å². The Kier molecular flexibility index (Phi) is 3.75. The number of hydrogen-bond donors (Lipinski definition) is 0. The Labute approximate surface area is 121 Å². The van der Waals surface area contributed by atoms with E-state index in [1.54, 1.807) is 0 Å². The second kappa shape index (κ2) is 5.68. The molecule has 2 aromatic rings. The molecule has 1 unspecified atom stereocenters. The fourth-order valence-electron chi connectivity index (χ4n) is 3.05. The first kappa shape index (κ1) is 13.2. The molecule has 1 fully saturated rings. The van der Waals surface area contributed by atoms with Crippen molar-refractivity contribution in [2.75, 3.05) is 31.6 Å². The van der Waals surface area contributed by atoms with Crippen LogP contribution in [0.2, 0.25) is 0 Å². The molecule has 1 aliphatic heterocycles. The standard InChI is InChI=1S/C18H22N2/c1-15-8-6-7-11-17(15)20-13-12-19(2)14-18(20)16-9-4-3-5-10-16/h3-11,18H,12-14H2,1-2H3. The van der Waals surface area contributed by atoms with Gasteiger partial charge in [-0.1, -0.05) is 48.5 Å². The zero-order chi connectivity index (χ0) is 13.9. The van der Waals surface area contributed by atoms with Crippen molar-refractivity contribution in [1.29, 1.82) is 0 Å². The van der Waals surface area contributed by atoms with Crippen molar-refractivity contribution in [3.8, 4) is 0 Å². The number of likely N-dealkylation sites (N-methyl/N-ethyl adjacent to an activating group) is 1. The minimum atomic E-state index is 0.441. The minimum Gasteiger partial charge on any atom is -0.362 e. The van der Waals surface area contributed by atoms with E-state index in [4.69, 9.17) is 0 Å². The zero-order valence-corrected chi connectivity index (χ0v) is 12.3. The van der Waals surface area contributed by atoms with Crippen molar-refractivity contribution in [2.45, 2.75) is 13.0 Å². The fraction of sp³-hybridized carbons (Fsp3) is 0.333. The van der Waals surface area contributed by atoms with Crippen molar-refractivity contribution < 1.29 is 0 Å². The molecule has 20 heavy (non-hydrogen) atoms. The highest BCUT2D eigenvalue weighted by Gasteiger charge is 2.27. The van der Waals surface area contributed by atoms with Gasteiger partial charge in [0.2, 0.25) is 0 Å². The number of para-hydroxylation sites is 1. The molecule has 3 rings (SSSR count). The Morgan fingerprint density at radius 2 is 1.60 bits per heavy atom. The van der Waals surface area contributed by atoms with Crippen LogP contribution in [0.15, 0.2) is 54.6 Å². The summed E-state index contributed by atoms with van der Waals surface area (Å²) in [5.74, 6) is 0. The molecule has 0 amide bonds. The summed E-state index contributed by atoms with van der Waals surface area (Å²) in [6, 6.07) is 20.0. The molecule has 1 saturated heterocycles. The van der Waals surface area contributed by atoms with Crippen molar-refractivity contribution >= 4 is 5.69 Å². The second-order valence-corrected chi connectivity index (χ2v) is 5.67. The first-order valence-corrected chi connectivity index (χ1v) is 7.31. The van der Waals surface area contributed by atoms with Crippen LogP contribution in [0.1, 0.15) is 17.2 Å². The Hall–Kier alpha value is -1.80. The summed E-state index contributed by atoms with van der Waals surface area (Å²) in [4.78, 5) is 4.98. The highest BCUT2D eigenvalue weighted by atomic mass is 15.3. The largest absolute Gasteiger partial charge is 0.362 e. The molecule has 0 saturated carbocycles. The first-order chi connectivity index (χ1) is 9.75. The number of hydrogen-bond acceptors (Lipinski definition) is 2. The third-order valence-electron chi connectivity index (χ3n) is 4.19. The van der Waals surface area contributed by atoms with Crippen LogP contribution in [-0.2, 0) is 0 Å². The predicted octanol–water partition coefficient (Wildman–Crippen LogP) is 3.49. The quantitative estimate of drug-likeness (QED) is 0.821. The van der Waals surface area contributed by atoms with E-state index in [1.807, 2.05) is 0 Å². The maximum Gasteiger partial charge on any atom is 0.0670 e. The van der Waals surface area contributed by atoms with Gasteiger partial charge in [0, 0.05) is 25.3 Å². The van der Waals surface area contributed by atoms with Crippen LogP contribution < -0.4 is 4.90 Å². The van der Waals surface area contributed by atoms with Gasteiger partial charge >= 0.3 is 0 Å². The smallest absolute Gasteiger partial charge is 0.0670 e. The van der Waals surface area contributed by atoms with Gasteiger partial charge in [0.15, 0.2) is 0 Å². The topological polar surface area (TPSA) is 6.48 Å². The third-order valence-corrected chi connectivity index (χ3v) is 4.19. The van der Waals surface area contributed by atoms with Crippen molar-refractivity contribution in [1.82, 2.24) is 4.90 Å². The normalized spacial score (nSPS) is 20.1. The summed E-state index contributed by atoms with van der Waals surface area (Å²) < 4.78 is 0. The highest BCUT2D eigenvalue weighted by molar-refractivity contribution is 5.55. The van der Waals surface area contributed by atoms with E-state index >= 15 is 0 Å². The molecule has 2 heteroatoms. The molecule has 1 heterocycles. The average Bonchev–Trinajstić information content (AvgIpc) is 2.49. The first-order valence-electron chi connectivity index (χ1n) is 7.31. The molecule has 0 bridgehead atoms. The van der Waals surface area contributed by atoms with E-state index in [9.17, 15) is 0 Å². The average molecular weight is 266 g/mol. The Balaban J connectivity index is 1.97. The molecule has 1 atom stereocenters. The van der Waals surface area contributed by atoms with Crippen molar-refractivity contribution in [3.05, 3.63) is 65.7 Å². The van der Waals surface area contributed by atoms with Gasteiger partial charge < -0.3 is 9.80 Å². The SMILES string of the molecule is Cc1ccccc1N1CCN(C)CC1c1ccccc1. The Bertz CT molecular complexity index is 565. The van der Waals surface area contributed by atoms with Gasteiger partial charge in [0.1, 0.15) is 0 Å². The summed E-state index contributed by atoms with van der Waals surface area (Å²) >= 11 is 0. The lowest BCUT2D eigenvalue weighted by atomic mass is 10.0. The summed E-state index contributed by atoms with van der Waals surface area (Å²) in [5.41, 5.74) is 4.13. The van der Waals surface area contributed by atoms with Crippen molar-refractivity contribution in [3.63, 3.8) is 0 Å². The van der Waals surface area contributed by atoms with Crippen LogP contribution in [0, 0.1) is 6.92 Å².